The first-order valence-electron chi connectivity index (χ1n) is 9.95. The van der Waals surface area contributed by atoms with Crippen LogP contribution in [0.1, 0.15) is 34.5 Å². The summed E-state index contributed by atoms with van der Waals surface area (Å²) in [5.74, 6) is -0.0252. The van der Waals surface area contributed by atoms with Crippen LogP contribution in [-0.4, -0.2) is 24.0 Å². The van der Waals surface area contributed by atoms with Crippen LogP contribution in [0, 0.1) is 0 Å². The van der Waals surface area contributed by atoms with E-state index in [1.807, 2.05) is 41.3 Å². The number of aryl methyl sites for hydroxylation is 2. The van der Waals surface area contributed by atoms with E-state index in [0.29, 0.717) is 5.69 Å². The number of anilines is 2. The van der Waals surface area contributed by atoms with Crippen LogP contribution in [0.5, 0.6) is 0 Å². The van der Waals surface area contributed by atoms with Gasteiger partial charge in [-0.15, -0.1) is 0 Å². The Hall–Kier alpha value is -3.14. The number of nitrogens with one attached hydrogen (secondary N) is 1. The number of rotatable bonds is 6. The van der Waals surface area contributed by atoms with E-state index in [9.17, 15) is 4.79 Å². The van der Waals surface area contributed by atoms with E-state index < -0.39 is 0 Å². The molecule has 0 spiro atoms. The zero-order chi connectivity index (χ0) is 19.2. The molecule has 2 heterocycles. The fraction of sp³-hybridized carbons (Fsp3) is 0.250. The van der Waals surface area contributed by atoms with Gasteiger partial charge in [0, 0.05) is 18.8 Å². The average molecular weight is 371 g/mol. The van der Waals surface area contributed by atoms with Crippen molar-refractivity contribution in [2.75, 3.05) is 23.3 Å². The number of benzene rings is 2. The van der Waals surface area contributed by atoms with Crippen LogP contribution in [0.2, 0.25) is 0 Å². The highest BCUT2D eigenvalue weighted by atomic mass is 16.2. The van der Waals surface area contributed by atoms with E-state index in [1.165, 1.54) is 11.1 Å². The molecule has 1 aromatic heterocycles. The Labute approximate surface area is 166 Å². The van der Waals surface area contributed by atoms with E-state index in [-0.39, 0.29) is 5.91 Å². The second-order valence-electron chi connectivity index (χ2n) is 7.14. The molecule has 4 heteroatoms. The molecule has 4 rings (SSSR count). The van der Waals surface area contributed by atoms with Crippen molar-refractivity contribution in [3.63, 3.8) is 0 Å². The minimum atomic E-state index is -0.0252. The third kappa shape index (κ3) is 4.22. The molecule has 0 unspecified atom stereocenters. The number of fused-ring (bicyclic) bond motifs is 1. The molecule has 0 radical (unpaired) electrons. The van der Waals surface area contributed by atoms with E-state index in [4.69, 9.17) is 0 Å². The second-order valence-corrected chi connectivity index (χ2v) is 7.14. The topological polar surface area (TPSA) is 45.2 Å². The summed E-state index contributed by atoms with van der Waals surface area (Å²) < 4.78 is 0. The fourth-order valence-corrected chi connectivity index (χ4v) is 3.68. The van der Waals surface area contributed by atoms with E-state index in [2.05, 4.69) is 40.6 Å². The predicted octanol–water partition coefficient (Wildman–Crippen LogP) is 4.72. The highest BCUT2D eigenvalue weighted by Gasteiger charge is 2.23. The lowest BCUT2D eigenvalue weighted by Gasteiger charge is -2.29. The minimum absolute atomic E-state index is 0.0252. The van der Waals surface area contributed by atoms with Crippen LogP contribution in [0.15, 0.2) is 72.9 Å². The lowest BCUT2D eigenvalue weighted by atomic mass is 10.0. The Morgan fingerprint density at radius 2 is 1.82 bits per heavy atom. The maximum Gasteiger partial charge on any atom is 0.276 e. The molecular weight excluding hydrogens is 346 g/mol. The van der Waals surface area contributed by atoms with Crippen molar-refractivity contribution in [3.8, 4) is 0 Å². The van der Waals surface area contributed by atoms with Crippen molar-refractivity contribution in [2.24, 2.45) is 0 Å². The first-order valence-corrected chi connectivity index (χ1v) is 9.95. The maximum atomic E-state index is 12.9. The zero-order valence-electron chi connectivity index (χ0n) is 16.0. The van der Waals surface area contributed by atoms with Crippen molar-refractivity contribution in [1.82, 2.24) is 4.98 Å². The summed E-state index contributed by atoms with van der Waals surface area (Å²) in [4.78, 5) is 19.2. The number of hydrogen-bond acceptors (Lipinski definition) is 3. The van der Waals surface area contributed by atoms with Gasteiger partial charge >= 0.3 is 0 Å². The SMILES string of the molecule is O=C(c1ccc(NCCCc2ccccc2)cn1)N1CCCc2ccccc21. The summed E-state index contributed by atoms with van der Waals surface area (Å²) in [6.07, 6.45) is 5.87. The molecule has 0 atom stereocenters. The molecular formula is C24H25N3O. The molecule has 4 nitrogen and oxygen atoms in total. The van der Waals surface area contributed by atoms with Gasteiger partial charge in [-0.05, 0) is 55.0 Å². The monoisotopic (exact) mass is 371 g/mol. The van der Waals surface area contributed by atoms with Crippen LogP contribution in [0.3, 0.4) is 0 Å². The van der Waals surface area contributed by atoms with E-state index >= 15 is 0 Å². The first kappa shape index (κ1) is 18.2. The summed E-state index contributed by atoms with van der Waals surface area (Å²) in [5.41, 5.74) is 5.04. The van der Waals surface area contributed by atoms with Crippen molar-refractivity contribution < 1.29 is 4.79 Å². The van der Waals surface area contributed by atoms with Crippen LogP contribution in [0.4, 0.5) is 11.4 Å². The van der Waals surface area contributed by atoms with Gasteiger partial charge in [0.2, 0.25) is 0 Å². The van der Waals surface area contributed by atoms with Gasteiger partial charge in [0.1, 0.15) is 5.69 Å². The number of carbonyl (C=O) groups is 1. The lowest BCUT2D eigenvalue weighted by Crippen LogP contribution is -2.35. The molecule has 142 valence electrons. The predicted molar refractivity (Wildman–Crippen MR) is 114 cm³/mol. The van der Waals surface area contributed by atoms with Gasteiger partial charge in [0.25, 0.3) is 5.91 Å². The maximum absolute atomic E-state index is 12.9. The molecule has 0 bridgehead atoms. The highest BCUT2D eigenvalue weighted by molar-refractivity contribution is 6.05. The van der Waals surface area contributed by atoms with Crippen LogP contribution in [0.25, 0.3) is 0 Å². The van der Waals surface area contributed by atoms with Crippen molar-refractivity contribution >= 4 is 17.3 Å². The molecule has 0 saturated carbocycles. The Morgan fingerprint density at radius 3 is 2.64 bits per heavy atom. The molecule has 1 N–H and O–H groups in total. The standard InChI is InChI=1S/C24H25N3O/c28-24(27-17-7-12-20-11-4-5-13-23(20)27)22-15-14-21(18-26-22)25-16-6-10-19-8-2-1-3-9-19/h1-5,8-9,11,13-15,18,25H,6-7,10,12,16-17H2. The molecule has 0 aliphatic carbocycles. The number of nitrogens with zero attached hydrogens (tertiary/aromatic N) is 2. The van der Waals surface area contributed by atoms with Crippen molar-refractivity contribution in [3.05, 3.63) is 89.7 Å². The number of aromatic nitrogens is 1. The number of hydrogen-bond donors (Lipinski definition) is 1. The summed E-state index contributed by atoms with van der Waals surface area (Å²) >= 11 is 0. The third-order valence-corrected chi connectivity index (χ3v) is 5.15. The molecule has 28 heavy (non-hydrogen) atoms. The molecule has 0 saturated heterocycles. The molecule has 1 aliphatic heterocycles. The van der Waals surface area contributed by atoms with Crippen LogP contribution in [-0.2, 0) is 12.8 Å². The van der Waals surface area contributed by atoms with Crippen molar-refractivity contribution in [2.45, 2.75) is 25.7 Å². The van der Waals surface area contributed by atoms with E-state index in [0.717, 1.165) is 50.1 Å². The van der Waals surface area contributed by atoms with Gasteiger partial charge < -0.3 is 10.2 Å². The second kappa shape index (κ2) is 8.70. The number of amides is 1. The minimum Gasteiger partial charge on any atom is -0.384 e. The third-order valence-electron chi connectivity index (χ3n) is 5.15. The van der Waals surface area contributed by atoms with Gasteiger partial charge in [-0.2, -0.15) is 0 Å². The smallest absolute Gasteiger partial charge is 0.276 e. The quantitative estimate of drug-likeness (QED) is 0.638. The Balaban J connectivity index is 1.34. The normalized spacial score (nSPS) is 13.1. The van der Waals surface area contributed by atoms with Gasteiger partial charge in [-0.25, -0.2) is 4.98 Å². The fourth-order valence-electron chi connectivity index (χ4n) is 3.68. The highest BCUT2D eigenvalue weighted by Crippen LogP contribution is 2.27. The largest absolute Gasteiger partial charge is 0.384 e. The van der Waals surface area contributed by atoms with Gasteiger partial charge in [-0.1, -0.05) is 48.5 Å². The summed E-state index contributed by atoms with van der Waals surface area (Å²) in [6, 6.07) is 22.4. The van der Waals surface area contributed by atoms with Crippen molar-refractivity contribution in [1.29, 1.82) is 0 Å². The van der Waals surface area contributed by atoms with Gasteiger partial charge in [-0.3, -0.25) is 4.79 Å². The molecule has 3 aromatic rings. The lowest BCUT2D eigenvalue weighted by molar-refractivity contribution is 0.0980. The molecule has 0 fully saturated rings. The van der Waals surface area contributed by atoms with Crippen LogP contribution >= 0.6 is 0 Å². The molecule has 2 aromatic carbocycles. The zero-order valence-corrected chi connectivity index (χ0v) is 16.0. The summed E-state index contributed by atoms with van der Waals surface area (Å²) in [7, 11) is 0. The van der Waals surface area contributed by atoms with Gasteiger partial charge in [0.15, 0.2) is 0 Å². The molecule has 1 aliphatic rings. The first-order chi connectivity index (χ1) is 13.8. The Morgan fingerprint density at radius 1 is 1.00 bits per heavy atom. The molecule has 1 amide bonds. The van der Waals surface area contributed by atoms with Crippen LogP contribution < -0.4 is 10.2 Å². The van der Waals surface area contributed by atoms with Gasteiger partial charge in [0.05, 0.1) is 11.9 Å². The number of carbonyl (C=O) groups excluding carboxylic acids is 1. The Bertz CT molecular complexity index is 922. The average Bonchev–Trinajstić information content (AvgIpc) is 2.77. The number of pyridine rings is 1. The number of para-hydroxylation sites is 1. The summed E-state index contributed by atoms with van der Waals surface area (Å²) in [5, 5.41) is 3.39. The Kier molecular flexibility index (Phi) is 5.66. The summed E-state index contributed by atoms with van der Waals surface area (Å²) in [6.45, 7) is 1.63. The van der Waals surface area contributed by atoms with E-state index in [1.54, 1.807) is 6.20 Å².